The summed E-state index contributed by atoms with van der Waals surface area (Å²) >= 11 is 0. The summed E-state index contributed by atoms with van der Waals surface area (Å²) in [4.78, 5) is 12.5. The molecule has 0 saturated heterocycles. The highest BCUT2D eigenvalue weighted by atomic mass is 16.2. The number of unbranched alkanes of at least 4 members (excludes halogenated alkanes) is 1. The van der Waals surface area contributed by atoms with Crippen LogP contribution in [0.5, 0.6) is 0 Å². The molecule has 1 unspecified atom stereocenters. The molecule has 1 fully saturated rings. The monoisotopic (exact) mass is 288 g/mol. The maximum atomic E-state index is 12.5. The van der Waals surface area contributed by atoms with Gasteiger partial charge in [-0.15, -0.1) is 0 Å². The molecule has 1 aromatic rings. The molecule has 0 heterocycles. The fourth-order valence-corrected chi connectivity index (χ4v) is 3.08. The predicted octanol–water partition coefficient (Wildman–Crippen LogP) is 3.96. The highest BCUT2D eigenvalue weighted by Gasteiger charge is 2.29. The minimum Gasteiger partial charge on any atom is -0.373 e. The van der Waals surface area contributed by atoms with Gasteiger partial charge in [0.1, 0.15) is 6.04 Å². The molecule has 1 aliphatic rings. The van der Waals surface area contributed by atoms with Gasteiger partial charge >= 0.3 is 0 Å². The van der Waals surface area contributed by atoms with Crippen molar-refractivity contribution in [2.24, 2.45) is 5.92 Å². The van der Waals surface area contributed by atoms with Crippen LogP contribution in [0.3, 0.4) is 0 Å². The Hall–Kier alpha value is -1.51. The molecule has 3 nitrogen and oxygen atoms in total. The van der Waals surface area contributed by atoms with Crippen molar-refractivity contribution >= 4 is 11.6 Å². The van der Waals surface area contributed by atoms with E-state index in [1.807, 2.05) is 30.3 Å². The number of hydrogen-bond acceptors (Lipinski definition) is 2. The number of carbonyl (C=O) groups is 1. The van der Waals surface area contributed by atoms with Crippen molar-refractivity contribution in [1.82, 2.24) is 5.32 Å². The number of carbonyl (C=O) groups excluding carboxylic acids is 1. The Morgan fingerprint density at radius 2 is 1.90 bits per heavy atom. The Morgan fingerprint density at radius 3 is 2.57 bits per heavy atom. The van der Waals surface area contributed by atoms with Crippen LogP contribution >= 0.6 is 0 Å². The van der Waals surface area contributed by atoms with Crippen LogP contribution < -0.4 is 10.6 Å². The molecule has 21 heavy (non-hydrogen) atoms. The lowest BCUT2D eigenvalue weighted by Crippen LogP contribution is -2.45. The molecule has 0 aliphatic heterocycles. The lowest BCUT2D eigenvalue weighted by Gasteiger charge is -2.30. The SMILES string of the molecule is CCCCNC(=O)C(Nc1ccccc1)C1CCCCC1. The van der Waals surface area contributed by atoms with Crippen LogP contribution in [-0.4, -0.2) is 18.5 Å². The number of nitrogens with one attached hydrogen (secondary N) is 2. The van der Waals surface area contributed by atoms with Gasteiger partial charge in [0.15, 0.2) is 0 Å². The number of benzene rings is 1. The maximum Gasteiger partial charge on any atom is 0.242 e. The molecule has 0 bridgehead atoms. The summed E-state index contributed by atoms with van der Waals surface area (Å²) in [7, 11) is 0. The minimum atomic E-state index is -0.0930. The van der Waals surface area contributed by atoms with Gasteiger partial charge < -0.3 is 10.6 Å². The van der Waals surface area contributed by atoms with Crippen LogP contribution in [0.4, 0.5) is 5.69 Å². The van der Waals surface area contributed by atoms with Crippen LogP contribution in [0.1, 0.15) is 51.9 Å². The van der Waals surface area contributed by atoms with E-state index in [9.17, 15) is 4.79 Å². The highest BCUT2D eigenvalue weighted by Crippen LogP contribution is 2.28. The van der Waals surface area contributed by atoms with E-state index in [2.05, 4.69) is 17.6 Å². The van der Waals surface area contributed by atoms with Gasteiger partial charge in [-0.25, -0.2) is 0 Å². The molecular formula is C18H28N2O. The van der Waals surface area contributed by atoms with Crippen molar-refractivity contribution in [2.75, 3.05) is 11.9 Å². The zero-order chi connectivity index (χ0) is 14.9. The normalized spacial score (nSPS) is 17.2. The minimum absolute atomic E-state index is 0.0930. The quantitative estimate of drug-likeness (QED) is 0.746. The van der Waals surface area contributed by atoms with Gasteiger partial charge in [-0.2, -0.15) is 0 Å². The van der Waals surface area contributed by atoms with Crippen molar-refractivity contribution in [1.29, 1.82) is 0 Å². The predicted molar refractivity (Wildman–Crippen MR) is 88.3 cm³/mol. The first-order valence-corrected chi connectivity index (χ1v) is 8.40. The lowest BCUT2D eigenvalue weighted by molar-refractivity contribution is -0.123. The molecule has 1 aliphatic carbocycles. The lowest BCUT2D eigenvalue weighted by atomic mass is 9.83. The molecule has 1 saturated carbocycles. The summed E-state index contributed by atoms with van der Waals surface area (Å²) < 4.78 is 0. The summed E-state index contributed by atoms with van der Waals surface area (Å²) in [5, 5.41) is 6.56. The first-order valence-electron chi connectivity index (χ1n) is 8.40. The van der Waals surface area contributed by atoms with Crippen LogP contribution in [0.15, 0.2) is 30.3 Å². The van der Waals surface area contributed by atoms with E-state index in [-0.39, 0.29) is 11.9 Å². The van der Waals surface area contributed by atoms with E-state index in [1.54, 1.807) is 0 Å². The zero-order valence-electron chi connectivity index (χ0n) is 13.1. The number of amides is 1. The van der Waals surface area contributed by atoms with Crippen LogP contribution in [-0.2, 0) is 4.79 Å². The molecule has 2 rings (SSSR count). The molecular weight excluding hydrogens is 260 g/mol. The largest absolute Gasteiger partial charge is 0.373 e. The molecule has 3 heteroatoms. The molecule has 1 atom stereocenters. The molecule has 0 aromatic heterocycles. The molecule has 1 amide bonds. The van der Waals surface area contributed by atoms with Gasteiger partial charge in [-0.05, 0) is 37.3 Å². The third kappa shape index (κ3) is 5.07. The summed E-state index contributed by atoms with van der Waals surface area (Å²) in [6.07, 6.45) is 8.29. The van der Waals surface area contributed by atoms with E-state index in [4.69, 9.17) is 0 Å². The molecule has 116 valence electrons. The standard InChI is InChI=1S/C18H28N2O/c1-2-3-14-19-18(21)17(15-10-6-4-7-11-15)20-16-12-8-5-9-13-16/h5,8-9,12-13,15,17,20H,2-4,6-7,10-11,14H2,1H3,(H,19,21). The highest BCUT2D eigenvalue weighted by molar-refractivity contribution is 5.85. The Labute approximate surface area is 128 Å². The van der Waals surface area contributed by atoms with Gasteiger partial charge in [0.05, 0.1) is 0 Å². The first-order chi connectivity index (χ1) is 10.3. The second kappa shape index (κ2) is 8.71. The smallest absolute Gasteiger partial charge is 0.242 e. The van der Waals surface area contributed by atoms with E-state index in [1.165, 1.54) is 19.3 Å². The number of hydrogen-bond donors (Lipinski definition) is 2. The Bertz CT molecular complexity index is 412. The number of para-hydroxylation sites is 1. The number of rotatable bonds is 7. The van der Waals surface area contributed by atoms with Crippen molar-refractivity contribution in [3.63, 3.8) is 0 Å². The van der Waals surface area contributed by atoms with Crippen LogP contribution in [0.2, 0.25) is 0 Å². The van der Waals surface area contributed by atoms with Gasteiger partial charge in [0.2, 0.25) is 5.91 Å². The second-order valence-electron chi connectivity index (χ2n) is 6.03. The summed E-state index contributed by atoms with van der Waals surface area (Å²) in [6, 6.07) is 10.0. The van der Waals surface area contributed by atoms with E-state index < -0.39 is 0 Å². The summed E-state index contributed by atoms with van der Waals surface area (Å²) in [6.45, 7) is 2.93. The van der Waals surface area contributed by atoms with Crippen molar-refractivity contribution in [3.8, 4) is 0 Å². The third-order valence-electron chi connectivity index (χ3n) is 4.33. The topological polar surface area (TPSA) is 41.1 Å². The van der Waals surface area contributed by atoms with E-state index >= 15 is 0 Å². The zero-order valence-corrected chi connectivity index (χ0v) is 13.1. The first kappa shape index (κ1) is 15.9. The van der Waals surface area contributed by atoms with Gasteiger partial charge in [-0.3, -0.25) is 4.79 Å². The number of anilines is 1. The average Bonchev–Trinajstić information content (AvgIpc) is 2.54. The molecule has 0 spiro atoms. The van der Waals surface area contributed by atoms with E-state index in [0.29, 0.717) is 5.92 Å². The molecule has 2 N–H and O–H groups in total. The second-order valence-corrected chi connectivity index (χ2v) is 6.03. The van der Waals surface area contributed by atoms with Crippen LogP contribution in [0, 0.1) is 5.92 Å². The van der Waals surface area contributed by atoms with E-state index in [0.717, 1.165) is 37.9 Å². The molecule has 1 aromatic carbocycles. The maximum absolute atomic E-state index is 12.5. The van der Waals surface area contributed by atoms with Crippen molar-refractivity contribution in [3.05, 3.63) is 30.3 Å². The Morgan fingerprint density at radius 1 is 1.19 bits per heavy atom. The fourth-order valence-electron chi connectivity index (χ4n) is 3.08. The van der Waals surface area contributed by atoms with Gasteiger partial charge in [0, 0.05) is 12.2 Å². The molecule has 0 radical (unpaired) electrons. The third-order valence-corrected chi connectivity index (χ3v) is 4.33. The Balaban J connectivity index is 2.00. The van der Waals surface area contributed by atoms with Gasteiger partial charge in [0.25, 0.3) is 0 Å². The summed E-state index contributed by atoms with van der Waals surface area (Å²) in [5.41, 5.74) is 1.04. The average molecular weight is 288 g/mol. The Kier molecular flexibility index (Phi) is 6.58. The summed E-state index contributed by atoms with van der Waals surface area (Å²) in [5.74, 6) is 0.625. The van der Waals surface area contributed by atoms with Crippen LogP contribution in [0.25, 0.3) is 0 Å². The van der Waals surface area contributed by atoms with Crippen molar-refractivity contribution < 1.29 is 4.79 Å². The fraction of sp³-hybridized carbons (Fsp3) is 0.611. The van der Waals surface area contributed by atoms with Crippen molar-refractivity contribution in [2.45, 2.75) is 57.9 Å². The van der Waals surface area contributed by atoms with Gasteiger partial charge in [-0.1, -0.05) is 50.8 Å².